The maximum atomic E-state index is 13.1. The van der Waals surface area contributed by atoms with Crippen molar-refractivity contribution < 1.29 is 4.42 Å². The Hall–Kier alpha value is -3.08. The lowest BCUT2D eigenvalue weighted by Crippen LogP contribution is -2.40. The minimum Gasteiger partial charge on any atom is -0.449 e. The quantitative estimate of drug-likeness (QED) is 0.552. The van der Waals surface area contributed by atoms with Crippen LogP contribution in [0.5, 0.6) is 0 Å². The molecule has 0 bridgehead atoms. The van der Waals surface area contributed by atoms with Crippen molar-refractivity contribution in [3.63, 3.8) is 0 Å². The summed E-state index contributed by atoms with van der Waals surface area (Å²) >= 11 is 0. The summed E-state index contributed by atoms with van der Waals surface area (Å²) in [6.07, 6.45) is 1.68. The highest BCUT2D eigenvalue weighted by atomic mass is 16.3. The van der Waals surface area contributed by atoms with Crippen LogP contribution in [0, 0.1) is 0 Å². The molecule has 2 aromatic heterocycles. The van der Waals surface area contributed by atoms with E-state index in [2.05, 4.69) is 0 Å². The minimum atomic E-state index is -0.348. The maximum Gasteiger partial charge on any atom is 0.331 e. The second-order valence-corrected chi connectivity index (χ2v) is 6.44. The molecule has 0 amide bonds. The standard InChI is InChI=1S/C21H20N2O3/c1-2-3-13-22-20(24)19-18(16-11-7-8-12-17(16)26-19)23(21(22)25)14-15-9-5-4-6-10-15/h4-12H,2-3,13-14H2,1H3. The molecule has 0 fully saturated rings. The van der Waals surface area contributed by atoms with Gasteiger partial charge in [0, 0.05) is 11.9 Å². The number of aromatic nitrogens is 2. The van der Waals surface area contributed by atoms with E-state index in [-0.39, 0.29) is 16.8 Å². The molecule has 4 rings (SSSR count). The van der Waals surface area contributed by atoms with Gasteiger partial charge in [0.1, 0.15) is 11.1 Å². The van der Waals surface area contributed by atoms with Gasteiger partial charge in [-0.25, -0.2) is 4.79 Å². The third-order valence-electron chi connectivity index (χ3n) is 4.66. The molecule has 0 aliphatic rings. The van der Waals surface area contributed by atoms with Gasteiger partial charge in [0.25, 0.3) is 5.56 Å². The summed E-state index contributed by atoms with van der Waals surface area (Å²) in [6.45, 7) is 2.83. The molecule has 132 valence electrons. The molecule has 0 spiro atoms. The van der Waals surface area contributed by atoms with Crippen molar-refractivity contribution in [3.05, 3.63) is 81.0 Å². The lowest BCUT2D eigenvalue weighted by atomic mass is 10.2. The SMILES string of the molecule is CCCCn1c(=O)c2oc3ccccc3c2n(Cc2ccccc2)c1=O. The molecule has 0 aliphatic carbocycles. The first-order valence-electron chi connectivity index (χ1n) is 8.89. The first-order valence-corrected chi connectivity index (χ1v) is 8.89. The van der Waals surface area contributed by atoms with E-state index in [1.165, 1.54) is 4.57 Å². The fourth-order valence-corrected chi connectivity index (χ4v) is 3.32. The van der Waals surface area contributed by atoms with E-state index >= 15 is 0 Å². The highest BCUT2D eigenvalue weighted by molar-refractivity contribution is 6.02. The molecule has 0 atom stereocenters. The Morgan fingerprint density at radius 3 is 2.42 bits per heavy atom. The van der Waals surface area contributed by atoms with Gasteiger partial charge in [0.15, 0.2) is 0 Å². The number of rotatable bonds is 5. The van der Waals surface area contributed by atoms with E-state index in [1.54, 1.807) is 4.57 Å². The molecule has 2 aromatic carbocycles. The Kier molecular flexibility index (Phi) is 4.21. The van der Waals surface area contributed by atoms with Crippen molar-refractivity contribution in [1.29, 1.82) is 0 Å². The molecule has 0 saturated carbocycles. The monoisotopic (exact) mass is 348 g/mol. The van der Waals surface area contributed by atoms with Gasteiger partial charge in [-0.15, -0.1) is 0 Å². The van der Waals surface area contributed by atoms with Crippen LogP contribution in [0.15, 0.2) is 68.6 Å². The number of hydrogen-bond donors (Lipinski definition) is 0. The van der Waals surface area contributed by atoms with Crippen LogP contribution in [0.1, 0.15) is 25.3 Å². The third-order valence-corrected chi connectivity index (χ3v) is 4.66. The van der Waals surface area contributed by atoms with Gasteiger partial charge in [0.2, 0.25) is 5.58 Å². The summed E-state index contributed by atoms with van der Waals surface area (Å²) in [5.41, 5.74) is 1.81. The van der Waals surface area contributed by atoms with Gasteiger partial charge in [0.05, 0.1) is 6.54 Å². The summed E-state index contributed by atoms with van der Waals surface area (Å²) in [6, 6.07) is 17.2. The van der Waals surface area contributed by atoms with Gasteiger partial charge in [-0.3, -0.25) is 13.9 Å². The molecule has 0 saturated heterocycles. The molecule has 0 aliphatic heterocycles. The highest BCUT2D eigenvalue weighted by Gasteiger charge is 2.19. The first-order chi connectivity index (χ1) is 12.7. The fraction of sp³-hybridized carbons (Fsp3) is 0.238. The number of para-hydroxylation sites is 1. The smallest absolute Gasteiger partial charge is 0.331 e. The van der Waals surface area contributed by atoms with E-state index in [4.69, 9.17) is 4.42 Å². The molecule has 26 heavy (non-hydrogen) atoms. The van der Waals surface area contributed by atoms with Crippen LogP contribution in [-0.4, -0.2) is 9.13 Å². The molecule has 0 unspecified atom stereocenters. The Morgan fingerprint density at radius 2 is 1.65 bits per heavy atom. The average Bonchev–Trinajstić information content (AvgIpc) is 3.06. The zero-order valence-electron chi connectivity index (χ0n) is 14.6. The summed E-state index contributed by atoms with van der Waals surface area (Å²) in [5.74, 6) is 0. The van der Waals surface area contributed by atoms with Crippen molar-refractivity contribution in [2.24, 2.45) is 0 Å². The first kappa shape index (κ1) is 16.4. The molecule has 5 heteroatoms. The van der Waals surface area contributed by atoms with E-state index in [9.17, 15) is 9.59 Å². The maximum absolute atomic E-state index is 13.1. The molecule has 2 heterocycles. The number of hydrogen-bond acceptors (Lipinski definition) is 3. The van der Waals surface area contributed by atoms with E-state index in [1.807, 2.05) is 61.5 Å². The molecule has 0 radical (unpaired) electrons. The lowest BCUT2D eigenvalue weighted by molar-refractivity contribution is 0.545. The number of benzene rings is 2. The predicted octanol–water partition coefficient (Wildman–Crippen LogP) is 3.76. The third kappa shape index (κ3) is 2.65. The number of nitrogens with zero attached hydrogens (tertiary/aromatic N) is 2. The van der Waals surface area contributed by atoms with Gasteiger partial charge in [-0.2, -0.15) is 0 Å². The van der Waals surface area contributed by atoms with Gasteiger partial charge in [-0.1, -0.05) is 55.8 Å². The Balaban J connectivity index is 2.05. The summed E-state index contributed by atoms with van der Waals surface area (Å²) in [4.78, 5) is 26.0. The lowest BCUT2D eigenvalue weighted by Gasteiger charge is -2.12. The van der Waals surface area contributed by atoms with Crippen molar-refractivity contribution in [1.82, 2.24) is 9.13 Å². The van der Waals surface area contributed by atoms with Crippen LogP contribution in [0.25, 0.3) is 22.1 Å². The minimum absolute atomic E-state index is 0.248. The van der Waals surface area contributed by atoms with Crippen LogP contribution >= 0.6 is 0 Å². The Bertz CT molecular complexity index is 1180. The van der Waals surface area contributed by atoms with Crippen LogP contribution < -0.4 is 11.2 Å². The Morgan fingerprint density at radius 1 is 0.923 bits per heavy atom. The second kappa shape index (κ2) is 6.67. The summed E-state index contributed by atoms with van der Waals surface area (Å²) < 4.78 is 8.81. The largest absolute Gasteiger partial charge is 0.449 e. The van der Waals surface area contributed by atoms with Crippen LogP contribution in [0.3, 0.4) is 0 Å². The van der Waals surface area contributed by atoms with Crippen molar-refractivity contribution in [2.45, 2.75) is 32.9 Å². The molecule has 5 nitrogen and oxygen atoms in total. The predicted molar refractivity (Wildman–Crippen MR) is 103 cm³/mol. The van der Waals surface area contributed by atoms with E-state index < -0.39 is 0 Å². The van der Waals surface area contributed by atoms with Crippen LogP contribution in [-0.2, 0) is 13.1 Å². The average molecular weight is 348 g/mol. The summed E-state index contributed by atoms with van der Waals surface area (Å²) in [5, 5.41) is 0.787. The van der Waals surface area contributed by atoms with Crippen LogP contribution in [0.2, 0.25) is 0 Å². The van der Waals surface area contributed by atoms with Gasteiger partial charge < -0.3 is 4.42 Å². The molecular formula is C21H20N2O3. The van der Waals surface area contributed by atoms with Crippen molar-refractivity contribution in [3.8, 4) is 0 Å². The number of unbranched alkanes of at least 4 members (excludes halogenated alkanes) is 1. The van der Waals surface area contributed by atoms with E-state index in [0.29, 0.717) is 24.2 Å². The second-order valence-electron chi connectivity index (χ2n) is 6.44. The number of fused-ring (bicyclic) bond motifs is 3. The number of furan rings is 1. The summed E-state index contributed by atoms with van der Waals surface area (Å²) in [7, 11) is 0. The van der Waals surface area contributed by atoms with Crippen molar-refractivity contribution in [2.75, 3.05) is 0 Å². The molecular weight excluding hydrogens is 328 g/mol. The van der Waals surface area contributed by atoms with E-state index in [0.717, 1.165) is 23.8 Å². The highest BCUT2D eigenvalue weighted by Crippen LogP contribution is 2.25. The van der Waals surface area contributed by atoms with Gasteiger partial charge in [-0.05, 0) is 24.1 Å². The normalized spacial score (nSPS) is 11.4. The Labute approximate surface area is 150 Å². The fourth-order valence-electron chi connectivity index (χ4n) is 3.32. The zero-order valence-corrected chi connectivity index (χ0v) is 14.6. The topological polar surface area (TPSA) is 57.1 Å². The molecule has 4 aromatic rings. The van der Waals surface area contributed by atoms with Crippen LogP contribution in [0.4, 0.5) is 0 Å². The zero-order chi connectivity index (χ0) is 18.1. The molecule has 0 N–H and O–H groups in total. The van der Waals surface area contributed by atoms with Crippen molar-refractivity contribution >= 4 is 22.1 Å². The van der Waals surface area contributed by atoms with Gasteiger partial charge >= 0.3 is 5.69 Å².